The standard InChI is InChI=1S/C20H18N4O2S/c1-3-17-22-23-18(26-17)12-27-20-21-16-7-5-4-6-15(16)19(25)24(20)14-10-8-13(2)9-11-14/h4-11H,3,12H2,1-2H3. The molecule has 0 atom stereocenters. The van der Waals surface area contributed by atoms with E-state index in [9.17, 15) is 4.79 Å². The number of para-hydroxylation sites is 1. The van der Waals surface area contributed by atoms with E-state index in [-0.39, 0.29) is 5.56 Å². The molecule has 6 nitrogen and oxygen atoms in total. The summed E-state index contributed by atoms with van der Waals surface area (Å²) in [5, 5.41) is 9.22. The number of aromatic nitrogens is 4. The topological polar surface area (TPSA) is 73.8 Å². The molecule has 0 aliphatic rings. The zero-order valence-electron chi connectivity index (χ0n) is 15.0. The average Bonchev–Trinajstić information content (AvgIpc) is 3.16. The fraction of sp³-hybridized carbons (Fsp3) is 0.200. The molecule has 27 heavy (non-hydrogen) atoms. The van der Waals surface area contributed by atoms with Gasteiger partial charge in [-0.05, 0) is 31.2 Å². The van der Waals surface area contributed by atoms with E-state index in [1.807, 2.05) is 56.3 Å². The Balaban J connectivity index is 1.80. The molecule has 0 N–H and O–H groups in total. The van der Waals surface area contributed by atoms with Crippen LogP contribution in [0.25, 0.3) is 16.6 Å². The average molecular weight is 378 g/mol. The van der Waals surface area contributed by atoms with Crippen LogP contribution in [-0.2, 0) is 12.2 Å². The second-order valence-electron chi connectivity index (χ2n) is 6.12. The van der Waals surface area contributed by atoms with Gasteiger partial charge in [0.25, 0.3) is 5.56 Å². The Morgan fingerprint density at radius 2 is 1.78 bits per heavy atom. The lowest BCUT2D eigenvalue weighted by Crippen LogP contribution is -2.21. The van der Waals surface area contributed by atoms with Crippen LogP contribution in [-0.4, -0.2) is 19.7 Å². The van der Waals surface area contributed by atoms with Gasteiger partial charge >= 0.3 is 0 Å². The van der Waals surface area contributed by atoms with E-state index in [2.05, 4.69) is 10.2 Å². The van der Waals surface area contributed by atoms with E-state index >= 15 is 0 Å². The van der Waals surface area contributed by atoms with Crippen molar-refractivity contribution in [3.05, 3.63) is 76.2 Å². The second kappa shape index (κ2) is 7.36. The summed E-state index contributed by atoms with van der Waals surface area (Å²) in [5.41, 5.74) is 2.50. The molecule has 2 aromatic carbocycles. The highest BCUT2D eigenvalue weighted by molar-refractivity contribution is 7.98. The molecule has 0 amide bonds. The van der Waals surface area contributed by atoms with E-state index in [0.717, 1.165) is 11.3 Å². The van der Waals surface area contributed by atoms with Crippen LogP contribution >= 0.6 is 11.8 Å². The molecule has 0 fully saturated rings. The summed E-state index contributed by atoms with van der Waals surface area (Å²) in [6.07, 6.45) is 0.694. The highest BCUT2D eigenvalue weighted by Gasteiger charge is 2.15. The van der Waals surface area contributed by atoms with Crippen LogP contribution in [0.4, 0.5) is 0 Å². The second-order valence-corrected chi connectivity index (χ2v) is 7.06. The molecule has 0 saturated heterocycles. The van der Waals surface area contributed by atoms with E-state index in [1.54, 1.807) is 10.6 Å². The van der Waals surface area contributed by atoms with Gasteiger partial charge in [-0.2, -0.15) is 0 Å². The molecular weight excluding hydrogens is 360 g/mol. The Labute approximate surface area is 160 Å². The molecule has 4 rings (SSSR count). The van der Waals surface area contributed by atoms with Crippen LogP contribution in [0.5, 0.6) is 0 Å². The molecular formula is C20H18N4O2S. The van der Waals surface area contributed by atoms with Crippen molar-refractivity contribution in [2.75, 3.05) is 0 Å². The summed E-state index contributed by atoms with van der Waals surface area (Å²) in [6.45, 7) is 3.98. The lowest BCUT2D eigenvalue weighted by atomic mass is 10.2. The quantitative estimate of drug-likeness (QED) is 0.387. The van der Waals surface area contributed by atoms with Gasteiger partial charge in [0, 0.05) is 6.42 Å². The number of nitrogens with zero attached hydrogens (tertiary/aromatic N) is 4. The number of fused-ring (bicyclic) bond motifs is 1. The highest BCUT2D eigenvalue weighted by Crippen LogP contribution is 2.24. The monoisotopic (exact) mass is 378 g/mol. The largest absolute Gasteiger partial charge is 0.424 e. The van der Waals surface area contributed by atoms with E-state index in [1.165, 1.54) is 11.8 Å². The molecule has 0 saturated carbocycles. The normalized spacial score (nSPS) is 11.2. The minimum absolute atomic E-state index is 0.0910. The zero-order chi connectivity index (χ0) is 18.8. The summed E-state index contributed by atoms with van der Waals surface area (Å²) in [4.78, 5) is 17.9. The molecule has 0 unspecified atom stereocenters. The Morgan fingerprint density at radius 1 is 1.04 bits per heavy atom. The fourth-order valence-corrected chi connectivity index (χ4v) is 3.60. The smallest absolute Gasteiger partial charge is 0.266 e. The van der Waals surface area contributed by atoms with Crippen LogP contribution in [0.3, 0.4) is 0 Å². The SMILES string of the molecule is CCc1nnc(CSc2nc3ccccc3c(=O)n2-c2ccc(C)cc2)o1. The number of aryl methyl sites for hydroxylation is 2. The van der Waals surface area contributed by atoms with Crippen molar-refractivity contribution in [3.8, 4) is 5.69 Å². The maximum Gasteiger partial charge on any atom is 0.266 e. The van der Waals surface area contributed by atoms with Gasteiger partial charge in [-0.3, -0.25) is 9.36 Å². The lowest BCUT2D eigenvalue weighted by molar-refractivity contribution is 0.469. The Hall–Kier alpha value is -2.93. The minimum atomic E-state index is -0.0910. The molecule has 0 aliphatic carbocycles. The van der Waals surface area contributed by atoms with Gasteiger partial charge in [0.15, 0.2) is 5.16 Å². The van der Waals surface area contributed by atoms with Crippen molar-refractivity contribution < 1.29 is 4.42 Å². The predicted molar refractivity (Wildman–Crippen MR) is 105 cm³/mol. The third-order valence-corrected chi connectivity index (χ3v) is 5.10. The predicted octanol–water partition coefficient (Wildman–Crippen LogP) is 3.93. The number of thioether (sulfide) groups is 1. The van der Waals surface area contributed by atoms with Crippen LogP contribution in [0.1, 0.15) is 24.3 Å². The summed E-state index contributed by atoms with van der Waals surface area (Å²) < 4.78 is 7.22. The zero-order valence-corrected chi connectivity index (χ0v) is 15.9. The van der Waals surface area contributed by atoms with Gasteiger partial charge in [0.05, 0.1) is 22.3 Å². The molecule has 0 aliphatic heterocycles. The molecule has 4 aromatic rings. The molecule has 0 bridgehead atoms. The maximum atomic E-state index is 13.2. The van der Waals surface area contributed by atoms with Crippen LogP contribution in [0.2, 0.25) is 0 Å². The van der Waals surface area contributed by atoms with Gasteiger partial charge in [-0.1, -0.05) is 48.5 Å². The van der Waals surface area contributed by atoms with Crippen molar-refractivity contribution >= 4 is 22.7 Å². The number of rotatable bonds is 5. The van der Waals surface area contributed by atoms with Crippen LogP contribution < -0.4 is 5.56 Å². The van der Waals surface area contributed by atoms with Crippen molar-refractivity contribution in [3.63, 3.8) is 0 Å². The summed E-state index contributed by atoms with van der Waals surface area (Å²) in [6, 6.07) is 15.2. The van der Waals surface area contributed by atoms with Gasteiger partial charge < -0.3 is 4.42 Å². The molecule has 136 valence electrons. The molecule has 2 heterocycles. The van der Waals surface area contributed by atoms with Crippen molar-refractivity contribution in [2.24, 2.45) is 0 Å². The first-order chi connectivity index (χ1) is 13.2. The minimum Gasteiger partial charge on any atom is -0.424 e. The Bertz CT molecular complexity index is 1150. The third-order valence-electron chi connectivity index (χ3n) is 4.17. The number of benzene rings is 2. The Kier molecular flexibility index (Phi) is 4.77. The molecule has 2 aromatic heterocycles. The first-order valence-corrected chi connectivity index (χ1v) is 9.67. The summed E-state index contributed by atoms with van der Waals surface area (Å²) in [7, 11) is 0. The van der Waals surface area contributed by atoms with E-state index < -0.39 is 0 Å². The van der Waals surface area contributed by atoms with E-state index in [4.69, 9.17) is 9.40 Å². The first kappa shape index (κ1) is 17.5. The highest BCUT2D eigenvalue weighted by atomic mass is 32.2. The Morgan fingerprint density at radius 3 is 2.52 bits per heavy atom. The number of hydrogen-bond acceptors (Lipinski definition) is 6. The van der Waals surface area contributed by atoms with Gasteiger partial charge in [-0.15, -0.1) is 10.2 Å². The lowest BCUT2D eigenvalue weighted by Gasteiger charge is -2.13. The molecule has 0 spiro atoms. The first-order valence-electron chi connectivity index (χ1n) is 8.68. The fourth-order valence-electron chi connectivity index (χ4n) is 2.75. The van der Waals surface area contributed by atoms with Crippen molar-refractivity contribution in [1.82, 2.24) is 19.7 Å². The van der Waals surface area contributed by atoms with Gasteiger partial charge in [-0.25, -0.2) is 4.98 Å². The third kappa shape index (κ3) is 3.50. The van der Waals surface area contributed by atoms with Crippen LogP contribution in [0, 0.1) is 6.92 Å². The number of hydrogen-bond donors (Lipinski definition) is 0. The maximum absolute atomic E-state index is 13.2. The van der Waals surface area contributed by atoms with Crippen molar-refractivity contribution in [1.29, 1.82) is 0 Å². The van der Waals surface area contributed by atoms with Gasteiger partial charge in [0.1, 0.15) is 0 Å². The summed E-state index contributed by atoms with van der Waals surface area (Å²) >= 11 is 1.41. The van der Waals surface area contributed by atoms with Gasteiger partial charge in [0.2, 0.25) is 11.8 Å². The van der Waals surface area contributed by atoms with E-state index in [0.29, 0.717) is 40.0 Å². The molecule has 0 radical (unpaired) electrons. The summed E-state index contributed by atoms with van der Waals surface area (Å²) in [5.74, 6) is 1.58. The van der Waals surface area contributed by atoms with Crippen molar-refractivity contribution in [2.45, 2.75) is 31.2 Å². The molecule has 7 heteroatoms. The van der Waals surface area contributed by atoms with Crippen LogP contribution in [0.15, 0.2) is 62.9 Å².